The molecule has 0 radical (unpaired) electrons. The molecule has 4 heteroatoms. The van der Waals surface area contributed by atoms with E-state index in [1.807, 2.05) is 6.08 Å². The van der Waals surface area contributed by atoms with Gasteiger partial charge in [-0.1, -0.05) is 6.08 Å². The summed E-state index contributed by atoms with van der Waals surface area (Å²) in [5.74, 6) is 0.352. The van der Waals surface area contributed by atoms with Gasteiger partial charge in [-0.3, -0.25) is 0 Å². The number of hydrogen-bond donors (Lipinski definition) is 0. The van der Waals surface area contributed by atoms with Gasteiger partial charge in [0.05, 0.1) is 6.26 Å². The van der Waals surface area contributed by atoms with Gasteiger partial charge in [0.2, 0.25) is 10.0 Å². The van der Waals surface area contributed by atoms with Crippen molar-refractivity contribution in [1.29, 1.82) is 0 Å². The van der Waals surface area contributed by atoms with E-state index in [1.54, 1.807) is 0 Å². The van der Waals surface area contributed by atoms with Crippen LogP contribution in [-0.2, 0) is 10.0 Å². The Balaban J connectivity index is 2.62. The minimum atomic E-state index is -2.96. The molecular formula is C7H13NO2S. The van der Waals surface area contributed by atoms with Gasteiger partial charge in [-0.25, -0.2) is 12.7 Å². The van der Waals surface area contributed by atoms with E-state index in [-0.39, 0.29) is 0 Å². The Morgan fingerprint density at radius 3 is 2.55 bits per heavy atom. The first-order valence-corrected chi connectivity index (χ1v) is 5.46. The number of nitrogens with zero attached hydrogens (tertiary/aromatic N) is 1. The van der Waals surface area contributed by atoms with E-state index in [4.69, 9.17) is 0 Å². The lowest BCUT2D eigenvalue weighted by Crippen LogP contribution is -2.27. The van der Waals surface area contributed by atoms with Gasteiger partial charge in [0.25, 0.3) is 0 Å². The molecule has 11 heavy (non-hydrogen) atoms. The van der Waals surface area contributed by atoms with Crippen molar-refractivity contribution in [2.45, 2.75) is 6.42 Å². The Bertz CT molecular complexity index is 245. The molecule has 64 valence electrons. The molecule has 0 bridgehead atoms. The summed E-state index contributed by atoms with van der Waals surface area (Å²) in [5, 5.41) is 0. The molecule has 0 aromatic heterocycles. The van der Waals surface area contributed by atoms with Crippen molar-refractivity contribution in [3.63, 3.8) is 0 Å². The molecule has 1 heterocycles. The summed E-state index contributed by atoms with van der Waals surface area (Å²) in [6, 6.07) is 0. The smallest absolute Gasteiger partial charge is 0.211 e. The molecule has 0 spiro atoms. The van der Waals surface area contributed by atoms with Crippen LogP contribution in [0.25, 0.3) is 0 Å². The maximum absolute atomic E-state index is 11.0. The zero-order chi connectivity index (χ0) is 8.48. The summed E-state index contributed by atoms with van der Waals surface area (Å²) >= 11 is 0. The molecule has 1 aliphatic heterocycles. The molecule has 0 aliphatic carbocycles. The van der Waals surface area contributed by atoms with Gasteiger partial charge in [0, 0.05) is 13.1 Å². The van der Waals surface area contributed by atoms with Crippen LogP contribution in [-0.4, -0.2) is 32.1 Å². The fourth-order valence-electron chi connectivity index (χ4n) is 1.25. The number of sulfonamides is 1. The second-order valence-corrected chi connectivity index (χ2v) is 4.89. The van der Waals surface area contributed by atoms with E-state index in [0.717, 1.165) is 6.42 Å². The lowest BCUT2D eigenvalue weighted by Gasteiger charge is -2.11. The summed E-state index contributed by atoms with van der Waals surface area (Å²) < 4.78 is 23.5. The van der Waals surface area contributed by atoms with Gasteiger partial charge in [-0.2, -0.15) is 0 Å². The standard InChI is InChI=1S/C7H13NO2S/c1-3-7-4-5-8(6-7)11(2,9)10/h3,7H,1,4-6H2,2H3. The molecule has 1 atom stereocenters. The molecule has 0 aromatic carbocycles. The van der Waals surface area contributed by atoms with Crippen molar-refractivity contribution in [2.24, 2.45) is 5.92 Å². The molecule has 0 amide bonds. The van der Waals surface area contributed by atoms with Gasteiger partial charge in [-0.15, -0.1) is 6.58 Å². The maximum atomic E-state index is 11.0. The largest absolute Gasteiger partial charge is 0.213 e. The van der Waals surface area contributed by atoms with Crippen LogP contribution < -0.4 is 0 Å². The Labute approximate surface area is 67.8 Å². The minimum Gasteiger partial charge on any atom is -0.213 e. The highest BCUT2D eigenvalue weighted by Crippen LogP contribution is 2.18. The molecule has 1 aliphatic rings. The predicted molar refractivity (Wildman–Crippen MR) is 44.7 cm³/mol. The SMILES string of the molecule is C=CC1CCN(S(C)(=O)=O)C1. The van der Waals surface area contributed by atoms with Crippen LogP contribution in [0.3, 0.4) is 0 Å². The Morgan fingerprint density at radius 2 is 2.27 bits per heavy atom. The van der Waals surface area contributed by atoms with E-state index < -0.39 is 10.0 Å². The van der Waals surface area contributed by atoms with Crippen LogP contribution in [0.2, 0.25) is 0 Å². The highest BCUT2D eigenvalue weighted by Gasteiger charge is 2.26. The third-order valence-corrected chi connectivity index (χ3v) is 3.26. The average molecular weight is 175 g/mol. The summed E-state index contributed by atoms with van der Waals surface area (Å²) in [5.41, 5.74) is 0. The highest BCUT2D eigenvalue weighted by molar-refractivity contribution is 7.88. The predicted octanol–water partition coefficient (Wildman–Crippen LogP) is 0.454. The fraction of sp³-hybridized carbons (Fsp3) is 0.714. The monoisotopic (exact) mass is 175 g/mol. The first kappa shape index (κ1) is 8.74. The van der Waals surface area contributed by atoms with Crippen LogP contribution in [0.5, 0.6) is 0 Å². The molecule has 0 aromatic rings. The van der Waals surface area contributed by atoms with Crippen molar-refractivity contribution in [2.75, 3.05) is 19.3 Å². The second kappa shape index (κ2) is 2.95. The lowest BCUT2D eigenvalue weighted by molar-refractivity contribution is 0.476. The van der Waals surface area contributed by atoms with Crippen LogP contribution in [0.15, 0.2) is 12.7 Å². The molecule has 1 fully saturated rings. The average Bonchev–Trinajstić information content (AvgIpc) is 2.32. The van der Waals surface area contributed by atoms with Crippen molar-refractivity contribution in [3.05, 3.63) is 12.7 Å². The Kier molecular flexibility index (Phi) is 2.34. The molecule has 1 unspecified atom stereocenters. The van der Waals surface area contributed by atoms with E-state index in [2.05, 4.69) is 6.58 Å². The van der Waals surface area contributed by atoms with Gasteiger partial charge in [0.15, 0.2) is 0 Å². The van der Waals surface area contributed by atoms with Crippen LogP contribution >= 0.6 is 0 Å². The topological polar surface area (TPSA) is 37.4 Å². The molecular weight excluding hydrogens is 162 g/mol. The number of hydrogen-bond acceptors (Lipinski definition) is 2. The molecule has 1 rings (SSSR count). The first-order chi connectivity index (χ1) is 5.04. The number of rotatable bonds is 2. The van der Waals surface area contributed by atoms with Crippen molar-refractivity contribution >= 4 is 10.0 Å². The molecule has 0 saturated carbocycles. The van der Waals surface area contributed by atoms with Crippen molar-refractivity contribution in [3.8, 4) is 0 Å². The molecule has 0 N–H and O–H groups in total. The third-order valence-electron chi connectivity index (χ3n) is 1.99. The van der Waals surface area contributed by atoms with Crippen LogP contribution in [0, 0.1) is 5.92 Å². The van der Waals surface area contributed by atoms with Gasteiger partial charge in [-0.05, 0) is 12.3 Å². The third kappa shape index (κ3) is 2.04. The van der Waals surface area contributed by atoms with Gasteiger partial charge >= 0.3 is 0 Å². The molecule has 1 saturated heterocycles. The Morgan fingerprint density at radius 1 is 1.64 bits per heavy atom. The normalized spacial score (nSPS) is 27.2. The summed E-state index contributed by atoms with van der Waals surface area (Å²) in [7, 11) is -2.96. The van der Waals surface area contributed by atoms with Crippen molar-refractivity contribution < 1.29 is 8.42 Å². The van der Waals surface area contributed by atoms with E-state index >= 15 is 0 Å². The summed E-state index contributed by atoms with van der Waals surface area (Å²) in [6.07, 6.45) is 3.99. The van der Waals surface area contributed by atoms with E-state index in [0.29, 0.717) is 19.0 Å². The zero-order valence-electron chi connectivity index (χ0n) is 6.66. The summed E-state index contributed by atoms with van der Waals surface area (Å²) in [4.78, 5) is 0. The van der Waals surface area contributed by atoms with E-state index in [9.17, 15) is 8.42 Å². The Hall–Kier alpha value is -0.350. The minimum absolute atomic E-state index is 0.352. The van der Waals surface area contributed by atoms with E-state index in [1.165, 1.54) is 10.6 Å². The van der Waals surface area contributed by atoms with Gasteiger partial charge < -0.3 is 0 Å². The van der Waals surface area contributed by atoms with Gasteiger partial charge in [0.1, 0.15) is 0 Å². The van der Waals surface area contributed by atoms with Crippen molar-refractivity contribution in [1.82, 2.24) is 4.31 Å². The fourth-order valence-corrected chi connectivity index (χ4v) is 2.15. The quantitative estimate of drug-likeness (QED) is 0.572. The lowest BCUT2D eigenvalue weighted by atomic mass is 10.1. The van der Waals surface area contributed by atoms with Crippen LogP contribution in [0.4, 0.5) is 0 Å². The highest BCUT2D eigenvalue weighted by atomic mass is 32.2. The maximum Gasteiger partial charge on any atom is 0.211 e. The van der Waals surface area contributed by atoms with Crippen LogP contribution in [0.1, 0.15) is 6.42 Å². The molecule has 3 nitrogen and oxygen atoms in total. The first-order valence-electron chi connectivity index (χ1n) is 3.61. The second-order valence-electron chi connectivity index (χ2n) is 2.91. The summed E-state index contributed by atoms with van der Waals surface area (Å²) in [6.45, 7) is 4.90. The zero-order valence-corrected chi connectivity index (χ0v) is 7.47.